The molecule has 0 fully saturated rings. The van der Waals surface area contributed by atoms with Crippen LogP contribution < -0.4 is 20.7 Å². The molecule has 0 heterocycles. The number of hydrogen-bond donors (Lipinski definition) is 3. The quantitative estimate of drug-likeness (QED) is 0.425. The van der Waals surface area contributed by atoms with Crippen LogP contribution in [-0.2, 0) is 4.74 Å². The topological polar surface area (TPSA) is 88.7 Å². The summed E-state index contributed by atoms with van der Waals surface area (Å²) in [5.41, 5.74) is 1.20. The van der Waals surface area contributed by atoms with Crippen LogP contribution in [0, 0.1) is 0 Å². The zero-order valence-electron chi connectivity index (χ0n) is 18.3. The summed E-state index contributed by atoms with van der Waals surface area (Å²) in [5.74, 6) is 0.122. The first-order valence-corrected chi connectivity index (χ1v) is 10.4. The normalized spacial score (nSPS) is 10.8. The number of nitrogens with one attached hydrogen (secondary N) is 3. The lowest BCUT2D eigenvalue weighted by Gasteiger charge is -2.20. The maximum absolute atomic E-state index is 12.4. The molecule has 0 aliphatic heterocycles. The largest absolute Gasteiger partial charge is 0.491 e. The van der Waals surface area contributed by atoms with Gasteiger partial charge >= 0.3 is 0 Å². The number of amides is 2. The fourth-order valence-electron chi connectivity index (χ4n) is 2.55. The Labute approximate surface area is 188 Å². The van der Waals surface area contributed by atoms with Gasteiger partial charge in [-0.2, -0.15) is 0 Å². The van der Waals surface area contributed by atoms with Gasteiger partial charge in [0.2, 0.25) is 0 Å². The molecule has 2 aromatic rings. The van der Waals surface area contributed by atoms with E-state index in [1.807, 2.05) is 27.7 Å². The minimum atomic E-state index is -0.347. The highest BCUT2D eigenvalue weighted by Crippen LogP contribution is 2.14. The number of thiocarbonyl (C=S) groups is 1. The molecule has 0 aliphatic carbocycles. The molecule has 0 atom stereocenters. The van der Waals surface area contributed by atoms with Crippen molar-refractivity contribution in [2.75, 3.05) is 25.1 Å². The molecule has 0 saturated heterocycles. The van der Waals surface area contributed by atoms with Gasteiger partial charge in [0.25, 0.3) is 11.8 Å². The van der Waals surface area contributed by atoms with E-state index in [0.717, 1.165) is 0 Å². The summed E-state index contributed by atoms with van der Waals surface area (Å²) >= 11 is 5.23. The maximum atomic E-state index is 12.4. The molecule has 0 spiro atoms. The molecule has 2 amide bonds. The van der Waals surface area contributed by atoms with Gasteiger partial charge in [-0.15, -0.1) is 0 Å². The van der Waals surface area contributed by atoms with E-state index >= 15 is 0 Å². The predicted molar refractivity (Wildman–Crippen MR) is 126 cm³/mol. The van der Waals surface area contributed by atoms with Crippen LogP contribution in [0.5, 0.6) is 5.75 Å². The van der Waals surface area contributed by atoms with Crippen molar-refractivity contribution in [2.45, 2.75) is 33.2 Å². The highest BCUT2D eigenvalue weighted by Gasteiger charge is 2.16. The molecular weight excluding hydrogens is 414 g/mol. The molecule has 0 unspecified atom stereocenters. The minimum Gasteiger partial charge on any atom is -0.491 e. The van der Waals surface area contributed by atoms with Crippen LogP contribution in [0.4, 0.5) is 5.69 Å². The number of benzene rings is 2. The Balaban J connectivity index is 1.90. The number of anilines is 1. The van der Waals surface area contributed by atoms with E-state index < -0.39 is 0 Å². The zero-order chi connectivity index (χ0) is 22.9. The van der Waals surface area contributed by atoms with Crippen LogP contribution >= 0.6 is 12.2 Å². The van der Waals surface area contributed by atoms with Crippen molar-refractivity contribution in [3.05, 3.63) is 59.7 Å². The number of hydrogen-bond acceptors (Lipinski definition) is 5. The van der Waals surface area contributed by atoms with Crippen LogP contribution in [-0.4, -0.2) is 42.3 Å². The Morgan fingerprint density at radius 1 is 0.968 bits per heavy atom. The van der Waals surface area contributed by atoms with E-state index in [4.69, 9.17) is 21.7 Å². The lowest BCUT2D eigenvalue weighted by atomic mass is 10.1. The van der Waals surface area contributed by atoms with Crippen molar-refractivity contribution in [3.63, 3.8) is 0 Å². The lowest BCUT2D eigenvalue weighted by Crippen LogP contribution is -2.40. The van der Waals surface area contributed by atoms with Crippen LogP contribution in [0.2, 0.25) is 0 Å². The maximum Gasteiger partial charge on any atom is 0.257 e. The van der Waals surface area contributed by atoms with E-state index in [9.17, 15) is 9.59 Å². The van der Waals surface area contributed by atoms with E-state index in [2.05, 4.69) is 16.0 Å². The molecule has 31 heavy (non-hydrogen) atoms. The standard InChI is InChI=1S/C23H29N3O4S/c1-5-29-13-14-30-19-11-9-16(10-12-19)20(27)25-22(31)24-18-8-6-7-17(15-18)21(28)26-23(2,3)4/h6-12,15H,5,13-14H2,1-4H3,(H,26,28)(H2,24,25,27,31). The fraction of sp³-hybridized carbons (Fsp3) is 0.348. The average molecular weight is 444 g/mol. The van der Waals surface area contributed by atoms with Crippen molar-refractivity contribution in [1.82, 2.24) is 10.6 Å². The highest BCUT2D eigenvalue weighted by atomic mass is 32.1. The molecule has 0 aliphatic rings. The second-order valence-electron chi connectivity index (χ2n) is 7.76. The van der Waals surface area contributed by atoms with Gasteiger partial charge in [-0.3, -0.25) is 14.9 Å². The van der Waals surface area contributed by atoms with E-state index in [0.29, 0.717) is 42.4 Å². The molecule has 0 aromatic heterocycles. The van der Waals surface area contributed by atoms with Crippen molar-refractivity contribution >= 4 is 34.8 Å². The summed E-state index contributed by atoms with van der Waals surface area (Å²) < 4.78 is 10.8. The molecule has 0 bridgehead atoms. The molecular formula is C23H29N3O4S. The number of rotatable bonds is 8. The molecule has 8 heteroatoms. The minimum absolute atomic E-state index is 0.135. The van der Waals surface area contributed by atoms with Gasteiger partial charge in [-0.05, 0) is 82.4 Å². The molecule has 166 valence electrons. The van der Waals surface area contributed by atoms with E-state index in [1.165, 1.54) is 0 Å². The molecule has 0 radical (unpaired) electrons. The van der Waals surface area contributed by atoms with Gasteiger partial charge in [-0.1, -0.05) is 6.07 Å². The third-order valence-corrected chi connectivity index (χ3v) is 4.12. The Hall–Kier alpha value is -2.97. The summed E-state index contributed by atoms with van der Waals surface area (Å²) in [6.07, 6.45) is 0. The summed E-state index contributed by atoms with van der Waals surface area (Å²) in [6.45, 7) is 9.27. The number of ether oxygens (including phenoxy) is 2. The summed E-state index contributed by atoms with van der Waals surface area (Å²) in [5, 5.41) is 8.61. The Bertz CT molecular complexity index is 908. The van der Waals surface area contributed by atoms with Gasteiger partial charge in [0.15, 0.2) is 5.11 Å². The summed E-state index contributed by atoms with van der Waals surface area (Å²) in [4.78, 5) is 24.8. The summed E-state index contributed by atoms with van der Waals surface area (Å²) in [6, 6.07) is 13.6. The monoisotopic (exact) mass is 443 g/mol. The van der Waals surface area contributed by atoms with Crippen LogP contribution in [0.15, 0.2) is 48.5 Å². The van der Waals surface area contributed by atoms with Crippen molar-refractivity contribution in [2.24, 2.45) is 0 Å². The van der Waals surface area contributed by atoms with E-state index in [-0.39, 0.29) is 22.5 Å². The molecule has 0 saturated carbocycles. The molecule has 2 rings (SSSR count). The van der Waals surface area contributed by atoms with Gasteiger partial charge < -0.3 is 20.1 Å². The Morgan fingerprint density at radius 3 is 2.32 bits per heavy atom. The first-order valence-electron chi connectivity index (χ1n) is 10.0. The van der Waals surface area contributed by atoms with E-state index in [1.54, 1.807) is 48.5 Å². The number of carbonyl (C=O) groups is 2. The third-order valence-electron chi connectivity index (χ3n) is 3.92. The second kappa shape index (κ2) is 11.4. The van der Waals surface area contributed by atoms with Crippen LogP contribution in [0.3, 0.4) is 0 Å². The lowest BCUT2D eigenvalue weighted by molar-refractivity contribution is 0.0918. The Kier molecular flexibility index (Phi) is 8.96. The van der Waals surface area contributed by atoms with Gasteiger partial charge in [0.05, 0.1) is 6.61 Å². The smallest absolute Gasteiger partial charge is 0.257 e. The van der Waals surface area contributed by atoms with Crippen LogP contribution in [0.1, 0.15) is 48.4 Å². The SMILES string of the molecule is CCOCCOc1ccc(C(=O)NC(=S)Nc2cccc(C(=O)NC(C)(C)C)c2)cc1. The fourth-order valence-corrected chi connectivity index (χ4v) is 2.76. The second-order valence-corrected chi connectivity index (χ2v) is 8.17. The van der Waals surface area contributed by atoms with Gasteiger partial charge in [0.1, 0.15) is 12.4 Å². The molecule has 2 aromatic carbocycles. The first-order chi connectivity index (χ1) is 14.7. The first kappa shape index (κ1) is 24.3. The van der Waals surface area contributed by atoms with Crippen molar-refractivity contribution in [1.29, 1.82) is 0 Å². The third kappa shape index (κ3) is 8.74. The predicted octanol–water partition coefficient (Wildman–Crippen LogP) is 3.76. The molecule has 7 nitrogen and oxygen atoms in total. The van der Waals surface area contributed by atoms with Gasteiger partial charge in [0, 0.05) is 29.0 Å². The average Bonchev–Trinajstić information content (AvgIpc) is 2.70. The van der Waals surface area contributed by atoms with Crippen molar-refractivity contribution < 1.29 is 19.1 Å². The number of carbonyl (C=O) groups excluding carboxylic acids is 2. The van der Waals surface area contributed by atoms with Crippen molar-refractivity contribution in [3.8, 4) is 5.75 Å². The summed E-state index contributed by atoms with van der Waals surface area (Å²) in [7, 11) is 0. The molecule has 3 N–H and O–H groups in total. The zero-order valence-corrected chi connectivity index (χ0v) is 19.1. The van der Waals surface area contributed by atoms with Gasteiger partial charge in [-0.25, -0.2) is 0 Å². The van der Waals surface area contributed by atoms with Crippen LogP contribution in [0.25, 0.3) is 0 Å². The highest BCUT2D eigenvalue weighted by molar-refractivity contribution is 7.80. The Morgan fingerprint density at radius 2 is 1.68 bits per heavy atom.